The number of aromatic amines is 1. The Hall–Kier alpha value is -2.01. The Morgan fingerprint density at radius 1 is 1.62 bits per heavy atom. The lowest BCUT2D eigenvalue weighted by Crippen LogP contribution is -2.43. The number of nitrogens with zero attached hydrogens (tertiary/aromatic N) is 3. The number of aromatic nitrogens is 4. The van der Waals surface area contributed by atoms with Gasteiger partial charge in [-0.3, -0.25) is 4.98 Å². The van der Waals surface area contributed by atoms with E-state index in [2.05, 4.69) is 15.1 Å². The molecule has 6 N–H and O–H groups in total. The summed E-state index contributed by atoms with van der Waals surface area (Å²) in [6.07, 6.45) is -1.93. The summed E-state index contributed by atoms with van der Waals surface area (Å²) < 4.78 is 6.45. The summed E-state index contributed by atoms with van der Waals surface area (Å²) in [4.78, 5) is 18.0. The van der Waals surface area contributed by atoms with Crippen LogP contribution in [0.4, 0.5) is 5.95 Å². The zero-order valence-corrected chi connectivity index (χ0v) is 11.1. The average Bonchev–Trinajstić information content (AvgIpc) is 2.91. The molecule has 1 aliphatic heterocycles. The van der Waals surface area contributed by atoms with Gasteiger partial charge in [0, 0.05) is 5.56 Å². The highest BCUT2D eigenvalue weighted by Gasteiger charge is 2.53. The molecular formula is C11H15N5O5. The molecule has 21 heavy (non-hydrogen) atoms. The number of aliphatic hydroxyl groups is 3. The van der Waals surface area contributed by atoms with Crippen molar-refractivity contribution < 1.29 is 20.1 Å². The number of anilines is 1. The minimum absolute atomic E-state index is 0.105. The van der Waals surface area contributed by atoms with Crippen molar-refractivity contribution in [3.05, 3.63) is 22.2 Å². The second kappa shape index (κ2) is 4.49. The van der Waals surface area contributed by atoms with Crippen LogP contribution >= 0.6 is 0 Å². The number of rotatable bonds is 2. The quantitative estimate of drug-likeness (QED) is 0.408. The van der Waals surface area contributed by atoms with Gasteiger partial charge in [0.15, 0.2) is 5.65 Å². The summed E-state index contributed by atoms with van der Waals surface area (Å²) in [7, 11) is 0. The van der Waals surface area contributed by atoms with Gasteiger partial charge in [0.1, 0.15) is 23.9 Å². The van der Waals surface area contributed by atoms with E-state index in [-0.39, 0.29) is 11.6 Å². The van der Waals surface area contributed by atoms with Gasteiger partial charge in [0.05, 0.1) is 12.8 Å². The first-order valence-corrected chi connectivity index (χ1v) is 6.26. The fourth-order valence-electron chi connectivity index (χ4n) is 2.55. The minimum Gasteiger partial charge on any atom is -0.394 e. The van der Waals surface area contributed by atoms with Crippen molar-refractivity contribution in [1.82, 2.24) is 19.6 Å². The first-order chi connectivity index (χ1) is 9.86. The van der Waals surface area contributed by atoms with Crippen molar-refractivity contribution >= 4 is 11.6 Å². The van der Waals surface area contributed by atoms with E-state index in [1.54, 1.807) is 0 Å². The summed E-state index contributed by atoms with van der Waals surface area (Å²) in [6.45, 7) is 0.918. The first kappa shape index (κ1) is 13.9. The van der Waals surface area contributed by atoms with E-state index >= 15 is 0 Å². The molecule has 2 aromatic heterocycles. The molecule has 3 heterocycles. The summed E-state index contributed by atoms with van der Waals surface area (Å²) >= 11 is 0. The molecule has 10 heteroatoms. The predicted octanol–water partition coefficient (Wildman–Crippen LogP) is -2.46. The number of hydrogen-bond donors (Lipinski definition) is 5. The third kappa shape index (κ3) is 1.92. The molecule has 1 aliphatic rings. The zero-order valence-electron chi connectivity index (χ0n) is 11.1. The number of hydrogen-bond acceptors (Lipinski definition) is 8. The van der Waals surface area contributed by atoms with Gasteiger partial charge < -0.3 is 25.8 Å². The van der Waals surface area contributed by atoms with Crippen LogP contribution in [0.5, 0.6) is 0 Å². The largest absolute Gasteiger partial charge is 0.394 e. The molecule has 0 amide bonds. The Kier molecular flexibility index (Phi) is 2.99. The second-order valence-electron chi connectivity index (χ2n) is 5.17. The molecule has 1 saturated heterocycles. The normalized spacial score (nSPS) is 32.9. The average molecular weight is 297 g/mol. The van der Waals surface area contributed by atoms with Gasteiger partial charge in [-0.15, -0.1) is 0 Å². The molecule has 3 rings (SSSR count). The van der Waals surface area contributed by atoms with Crippen LogP contribution in [0.25, 0.3) is 5.65 Å². The van der Waals surface area contributed by atoms with Crippen molar-refractivity contribution in [1.29, 1.82) is 0 Å². The molecule has 2 aromatic rings. The maximum atomic E-state index is 11.7. The van der Waals surface area contributed by atoms with E-state index in [0.29, 0.717) is 5.56 Å². The molecule has 1 fully saturated rings. The molecule has 0 spiro atoms. The fraction of sp³-hybridized carbons (Fsp3) is 0.545. The smallest absolute Gasteiger partial charge is 0.350 e. The molecule has 0 aromatic carbocycles. The molecule has 114 valence electrons. The minimum atomic E-state index is -1.67. The lowest BCUT2D eigenvalue weighted by molar-refractivity contribution is -0.0641. The molecule has 0 bridgehead atoms. The van der Waals surface area contributed by atoms with E-state index in [9.17, 15) is 20.1 Å². The number of fused-ring (bicyclic) bond motifs is 1. The predicted molar refractivity (Wildman–Crippen MR) is 69.4 cm³/mol. The van der Waals surface area contributed by atoms with Gasteiger partial charge in [-0.05, 0) is 6.92 Å². The van der Waals surface area contributed by atoms with E-state index in [1.165, 1.54) is 13.1 Å². The molecule has 0 aliphatic carbocycles. The van der Waals surface area contributed by atoms with E-state index in [1.807, 2.05) is 0 Å². The Bertz CT molecular complexity index is 738. The third-order valence-electron chi connectivity index (χ3n) is 3.68. The van der Waals surface area contributed by atoms with Gasteiger partial charge >= 0.3 is 5.69 Å². The third-order valence-corrected chi connectivity index (χ3v) is 3.68. The van der Waals surface area contributed by atoms with Gasteiger partial charge in [-0.25, -0.2) is 4.79 Å². The lowest BCUT2D eigenvalue weighted by Gasteiger charge is -2.25. The second-order valence-corrected chi connectivity index (χ2v) is 5.17. The van der Waals surface area contributed by atoms with Crippen molar-refractivity contribution in [3.63, 3.8) is 0 Å². The maximum absolute atomic E-state index is 11.7. The Morgan fingerprint density at radius 2 is 2.33 bits per heavy atom. The number of nitrogen functional groups attached to an aromatic ring is 1. The van der Waals surface area contributed by atoms with Crippen LogP contribution in [-0.4, -0.2) is 59.3 Å². The van der Waals surface area contributed by atoms with Crippen LogP contribution in [0, 0.1) is 0 Å². The number of H-pyrrole nitrogens is 1. The fourth-order valence-corrected chi connectivity index (χ4v) is 2.55. The molecule has 0 radical (unpaired) electrons. The first-order valence-electron chi connectivity index (χ1n) is 6.26. The van der Waals surface area contributed by atoms with Crippen LogP contribution in [0.2, 0.25) is 0 Å². The molecule has 0 unspecified atom stereocenters. The Balaban J connectivity index is 2.15. The van der Waals surface area contributed by atoms with Crippen molar-refractivity contribution in [2.75, 3.05) is 12.3 Å². The summed E-state index contributed by atoms with van der Waals surface area (Å²) in [5.74, 6) is -0.105. The number of aliphatic hydroxyl groups excluding tert-OH is 2. The topological polar surface area (TPSA) is 159 Å². The SMILES string of the molecule is C[C@@]1(O)[C@H](O)[C@@H](CO)O[C@H]1c1cnn2c(=O)[nH]c(N)nc12. The van der Waals surface area contributed by atoms with Crippen molar-refractivity contribution in [2.24, 2.45) is 0 Å². The Morgan fingerprint density at radius 3 is 2.95 bits per heavy atom. The summed E-state index contributed by atoms with van der Waals surface area (Å²) in [6, 6.07) is 0. The Labute approximate surface area is 117 Å². The summed E-state index contributed by atoms with van der Waals surface area (Å²) in [5, 5.41) is 33.5. The maximum Gasteiger partial charge on any atom is 0.350 e. The zero-order chi connectivity index (χ0) is 15.4. The van der Waals surface area contributed by atoms with Crippen LogP contribution in [0.1, 0.15) is 18.6 Å². The van der Waals surface area contributed by atoms with Crippen LogP contribution in [0.15, 0.2) is 11.0 Å². The molecular weight excluding hydrogens is 282 g/mol. The number of nitrogens with one attached hydrogen (secondary N) is 1. The standard InChI is InChI=1S/C11H15N5O5/c1-11(20)6(18)5(3-17)21-7(11)4-2-13-16-8(4)14-9(12)15-10(16)19/h2,5-7,17-18,20H,3H2,1H3,(H3,12,14,15,19)/t5-,6-,7+,11-/m1/s1. The van der Waals surface area contributed by atoms with Crippen LogP contribution in [0.3, 0.4) is 0 Å². The monoisotopic (exact) mass is 297 g/mol. The highest BCUT2D eigenvalue weighted by molar-refractivity contribution is 5.50. The van der Waals surface area contributed by atoms with E-state index in [4.69, 9.17) is 10.5 Å². The van der Waals surface area contributed by atoms with Crippen molar-refractivity contribution in [2.45, 2.75) is 30.8 Å². The van der Waals surface area contributed by atoms with E-state index in [0.717, 1.165) is 4.52 Å². The van der Waals surface area contributed by atoms with Crippen LogP contribution < -0.4 is 11.4 Å². The van der Waals surface area contributed by atoms with Gasteiger partial charge in [0.25, 0.3) is 0 Å². The molecule has 10 nitrogen and oxygen atoms in total. The van der Waals surface area contributed by atoms with Crippen molar-refractivity contribution in [3.8, 4) is 0 Å². The molecule has 4 atom stereocenters. The van der Waals surface area contributed by atoms with Gasteiger partial charge in [-0.2, -0.15) is 14.6 Å². The lowest BCUT2D eigenvalue weighted by atomic mass is 9.90. The van der Waals surface area contributed by atoms with Gasteiger partial charge in [-0.1, -0.05) is 0 Å². The number of nitrogens with two attached hydrogens (primary N) is 1. The highest BCUT2D eigenvalue weighted by Crippen LogP contribution is 2.42. The highest BCUT2D eigenvalue weighted by atomic mass is 16.6. The molecule has 0 saturated carbocycles. The van der Waals surface area contributed by atoms with E-state index < -0.39 is 36.2 Å². The summed E-state index contributed by atoms with van der Waals surface area (Å²) in [5.41, 5.74) is 3.66. The van der Waals surface area contributed by atoms with Crippen LogP contribution in [-0.2, 0) is 4.74 Å². The van der Waals surface area contributed by atoms with Gasteiger partial charge in [0.2, 0.25) is 5.95 Å². The number of ether oxygens (including phenoxy) is 1.